The van der Waals surface area contributed by atoms with Crippen LogP contribution >= 0.6 is 0 Å². The highest BCUT2D eigenvalue weighted by Gasteiger charge is 2.31. The number of ether oxygens (including phenoxy) is 2. The number of amidine groups is 1. The maximum Gasteiger partial charge on any atom is 0.297 e. The monoisotopic (exact) mass is 344 g/mol. The second kappa shape index (κ2) is 7.74. The summed E-state index contributed by atoms with van der Waals surface area (Å²) in [6.45, 7) is 1.17. The van der Waals surface area contributed by atoms with E-state index >= 15 is 0 Å². The topological polar surface area (TPSA) is 34.1 Å². The molecule has 26 heavy (non-hydrogen) atoms. The molecule has 0 spiro atoms. The van der Waals surface area contributed by atoms with Crippen molar-refractivity contribution in [3.8, 4) is 5.75 Å². The Labute approximate surface area is 153 Å². The van der Waals surface area contributed by atoms with Crippen LogP contribution < -0.4 is 9.64 Å². The standard InChI is InChI=1S/C22H20N2O2/c1-4-10-18(11-5-1)23-22-24(19-12-6-2-7-13-19)16-21(26-22)17-25-20-14-8-3-9-15-20/h1-15,21H,16-17H2/t21-/m1/s1. The normalized spacial score (nSPS) is 17.9. The number of para-hydroxylation sites is 3. The first-order valence-corrected chi connectivity index (χ1v) is 8.69. The summed E-state index contributed by atoms with van der Waals surface area (Å²) in [7, 11) is 0. The molecule has 130 valence electrons. The quantitative estimate of drug-likeness (QED) is 0.675. The maximum atomic E-state index is 6.11. The second-order valence-corrected chi connectivity index (χ2v) is 6.04. The second-order valence-electron chi connectivity index (χ2n) is 6.04. The number of aliphatic imine (C=N–C) groups is 1. The van der Waals surface area contributed by atoms with Crippen molar-refractivity contribution in [1.82, 2.24) is 0 Å². The Kier molecular flexibility index (Phi) is 4.83. The van der Waals surface area contributed by atoms with E-state index in [1.165, 1.54) is 0 Å². The molecule has 4 heteroatoms. The Hall–Kier alpha value is -3.27. The fraction of sp³-hybridized carbons (Fsp3) is 0.136. The van der Waals surface area contributed by atoms with Gasteiger partial charge in [0.25, 0.3) is 6.02 Å². The van der Waals surface area contributed by atoms with Crippen LogP contribution in [-0.4, -0.2) is 25.3 Å². The predicted molar refractivity (Wildman–Crippen MR) is 104 cm³/mol. The lowest BCUT2D eigenvalue weighted by Crippen LogP contribution is -2.27. The van der Waals surface area contributed by atoms with Crippen molar-refractivity contribution in [2.75, 3.05) is 18.1 Å². The molecular formula is C22H20N2O2. The van der Waals surface area contributed by atoms with Crippen molar-refractivity contribution in [1.29, 1.82) is 0 Å². The van der Waals surface area contributed by atoms with Crippen LogP contribution in [0.5, 0.6) is 5.75 Å². The Morgan fingerprint density at radius 3 is 2.15 bits per heavy atom. The van der Waals surface area contributed by atoms with Gasteiger partial charge in [-0.25, -0.2) is 0 Å². The number of anilines is 1. The predicted octanol–water partition coefficient (Wildman–Crippen LogP) is 4.66. The van der Waals surface area contributed by atoms with Crippen LogP contribution in [0.1, 0.15) is 0 Å². The molecule has 1 aliphatic heterocycles. The van der Waals surface area contributed by atoms with E-state index in [0.717, 1.165) is 17.1 Å². The largest absolute Gasteiger partial charge is 0.490 e. The molecule has 4 rings (SSSR count). The third kappa shape index (κ3) is 3.86. The molecule has 0 N–H and O–H groups in total. The minimum atomic E-state index is -0.0853. The first-order valence-electron chi connectivity index (χ1n) is 8.69. The van der Waals surface area contributed by atoms with E-state index in [9.17, 15) is 0 Å². The fourth-order valence-corrected chi connectivity index (χ4v) is 2.85. The van der Waals surface area contributed by atoms with Crippen LogP contribution in [0.2, 0.25) is 0 Å². The first kappa shape index (κ1) is 16.2. The summed E-state index contributed by atoms with van der Waals surface area (Å²) in [6, 6.07) is 30.4. The SMILES string of the molecule is c1ccc(N=C2O[C@@H](COc3ccccc3)CN2c2ccccc2)cc1. The molecule has 1 aliphatic rings. The molecule has 0 saturated carbocycles. The number of rotatable bonds is 5. The third-order valence-corrected chi connectivity index (χ3v) is 4.12. The molecule has 0 aliphatic carbocycles. The molecule has 0 radical (unpaired) electrons. The van der Waals surface area contributed by atoms with Crippen LogP contribution in [0.25, 0.3) is 0 Å². The van der Waals surface area contributed by atoms with Gasteiger partial charge in [0, 0.05) is 5.69 Å². The zero-order valence-corrected chi connectivity index (χ0v) is 14.4. The molecule has 0 aromatic heterocycles. The fourth-order valence-electron chi connectivity index (χ4n) is 2.85. The van der Waals surface area contributed by atoms with Gasteiger partial charge in [-0.15, -0.1) is 0 Å². The van der Waals surface area contributed by atoms with Crippen molar-refractivity contribution < 1.29 is 9.47 Å². The lowest BCUT2D eigenvalue weighted by atomic mass is 10.3. The van der Waals surface area contributed by atoms with E-state index in [2.05, 4.69) is 22.0 Å². The van der Waals surface area contributed by atoms with Crippen molar-refractivity contribution in [3.63, 3.8) is 0 Å². The minimum Gasteiger partial charge on any atom is -0.490 e. The van der Waals surface area contributed by atoms with Crippen LogP contribution in [0.15, 0.2) is 96.0 Å². The van der Waals surface area contributed by atoms with E-state index < -0.39 is 0 Å². The number of benzene rings is 3. The lowest BCUT2D eigenvalue weighted by Gasteiger charge is -2.15. The molecule has 0 bridgehead atoms. The van der Waals surface area contributed by atoms with Crippen LogP contribution in [0.3, 0.4) is 0 Å². The van der Waals surface area contributed by atoms with Crippen molar-refractivity contribution in [3.05, 3.63) is 91.0 Å². The zero-order chi connectivity index (χ0) is 17.6. The van der Waals surface area contributed by atoms with Crippen LogP contribution in [-0.2, 0) is 4.74 Å². The molecule has 1 heterocycles. The molecule has 3 aromatic carbocycles. The summed E-state index contributed by atoms with van der Waals surface area (Å²) in [4.78, 5) is 6.78. The van der Waals surface area contributed by atoms with Gasteiger partial charge in [0.2, 0.25) is 0 Å². The highest BCUT2D eigenvalue weighted by Crippen LogP contribution is 2.24. The highest BCUT2D eigenvalue weighted by molar-refractivity contribution is 5.95. The van der Waals surface area contributed by atoms with Gasteiger partial charge in [0.15, 0.2) is 6.10 Å². The summed E-state index contributed by atoms with van der Waals surface area (Å²) in [5.41, 5.74) is 1.93. The molecule has 0 unspecified atom stereocenters. The number of hydrogen-bond donors (Lipinski definition) is 0. The number of nitrogens with zero attached hydrogens (tertiary/aromatic N) is 2. The van der Waals surface area contributed by atoms with Crippen LogP contribution in [0, 0.1) is 0 Å². The average molecular weight is 344 g/mol. The van der Waals surface area contributed by atoms with Gasteiger partial charge in [0.05, 0.1) is 12.2 Å². The summed E-state index contributed by atoms with van der Waals surface area (Å²) < 4.78 is 12.0. The summed E-state index contributed by atoms with van der Waals surface area (Å²) in [6.07, 6.45) is -0.0853. The summed E-state index contributed by atoms with van der Waals surface area (Å²) in [5, 5.41) is 0. The molecule has 4 nitrogen and oxygen atoms in total. The summed E-state index contributed by atoms with van der Waals surface area (Å²) >= 11 is 0. The van der Waals surface area contributed by atoms with Crippen molar-refractivity contribution >= 4 is 17.4 Å². The van der Waals surface area contributed by atoms with E-state index in [4.69, 9.17) is 9.47 Å². The Morgan fingerprint density at radius 2 is 1.46 bits per heavy atom. The van der Waals surface area contributed by atoms with E-state index in [0.29, 0.717) is 19.2 Å². The number of hydrogen-bond acceptors (Lipinski definition) is 3. The average Bonchev–Trinajstić information content (AvgIpc) is 3.11. The van der Waals surface area contributed by atoms with Gasteiger partial charge < -0.3 is 9.47 Å². The molecule has 1 fully saturated rings. The van der Waals surface area contributed by atoms with Crippen LogP contribution in [0.4, 0.5) is 11.4 Å². The first-order chi connectivity index (χ1) is 12.9. The molecule has 1 saturated heterocycles. The molecule has 3 aromatic rings. The molecule has 1 atom stereocenters. The molecule has 0 amide bonds. The van der Waals surface area contributed by atoms with Gasteiger partial charge in [0.1, 0.15) is 12.4 Å². The smallest absolute Gasteiger partial charge is 0.297 e. The van der Waals surface area contributed by atoms with E-state index in [-0.39, 0.29) is 6.10 Å². The Bertz CT molecular complexity index is 851. The minimum absolute atomic E-state index is 0.0853. The Morgan fingerprint density at radius 1 is 0.846 bits per heavy atom. The van der Waals surface area contributed by atoms with Gasteiger partial charge in [-0.2, -0.15) is 4.99 Å². The highest BCUT2D eigenvalue weighted by atomic mass is 16.6. The lowest BCUT2D eigenvalue weighted by molar-refractivity contribution is 0.147. The van der Waals surface area contributed by atoms with E-state index in [1.807, 2.05) is 78.9 Å². The molecular weight excluding hydrogens is 324 g/mol. The van der Waals surface area contributed by atoms with Gasteiger partial charge >= 0.3 is 0 Å². The van der Waals surface area contributed by atoms with E-state index in [1.54, 1.807) is 0 Å². The third-order valence-electron chi connectivity index (χ3n) is 4.12. The van der Waals surface area contributed by atoms with Gasteiger partial charge in [-0.3, -0.25) is 4.90 Å². The zero-order valence-electron chi connectivity index (χ0n) is 14.4. The van der Waals surface area contributed by atoms with Gasteiger partial charge in [-0.05, 0) is 36.4 Å². The van der Waals surface area contributed by atoms with Gasteiger partial charge in [-0.1, -0.05) is 54.6 Å². The van der Waals surface area contributed by atoms with Crippen molar-refractivity contribution in [2.45, 2.75) is 6.10 Å². The Balaban J connectivity index is 1.53. The van der Waals surface area contributed by atoms with Crippen molar-refractivity contribution in [2.24, 2.45) is 4.99 Å². The maximum absolute atomic E-state index is 6.11. The summed E-state index contributed by atoms with van der Waals surface area (Å²) in [5.74, 6) is 0.843.